The summed E-state index contributed by atoms with van der Waals surface area (Å²) >= 11 is 0. The molecule has 0 aromatic carbocycles. The van der Waals surface area contributed by atoms with Gasteiger partial charge < -0.3 is 9.47 Å². The van der Waals surface area contributed by atoms with Crippen molar-refractivity contribution in [3.63, 3.8) is 0 Å². The molecule has 3 fully saturated rings. The van der Waals surface area contributed by atoms with Crippen molar-refractivity contribution in [1.82, 2.24) is 0 Å². The zero-order valence-corrected chi connectivity index (χ0v) is 7.37. The number of hydrogen-bond donors (Lipinski definition) is 0. The first-order valence-corrected chi connectivity index (χ1v) is 5.16. The Bertz CT molecular complexity index is 157. The maximum atomic E-state index is 5.89. The van der Waals surface area contributed by atoms with E-state index in [1.54, 1.807) is 0 Å². The minimum atomic E-state index is 0.449. The first-order chi connectivity index (χ1) is 5.93. The monoisotopic (exact) mass is 168 g/mol. The second-order valence-electron chi connectivity index (χ2n) is 4.43. The van der Waals surface area contributed by atoms with Gasteiger partial charge in [-0.05, 0) is 37.5 Å². The van der Waals surface area contributed by atoms with E-state index in [2.05, 4.69) is 0 Å². The van der Waals surface area contributed by atoms with Gasteiger partial charge in [-0.25, -0.2) is 0 Å². The maximum absolute atomic E-state index is 5.89. The summed E-state index contributed by atoms with van der Waals surface area (Å²) < 4.78 is 11.0. The van der Waals surface area contributed by atoms with Gasteiger partial charge in [0.15, 0.2) is 0 Å². The van der Waals surface area contributed by atoms with E-state index < -0.39 is 0 Å². The molecular weight excluding hydrogens is 152 g/mol. The van der Waals surface area contributed by atoms with Gasteiger partial charge in [-0.1, -0.05) is 0 Å². The first-order valence-electron chi connectivity index (χ1n) is 5.16. The third-order valence-electron chi connectivity index (χ3n) is 3.05. The van der Waals surface area contributed by atoms with Crippen LogP contribution in [0, 0.1) is 11.8 Å². The van der Waals surface area contributed by atoms with Crippen LogP contribution in [0.4, 0.5) is 0 Å². The van der Waals surface area contributed by atoms with Crippen molar-refractivity contribution in [3.05, 3.63) is 0 Å². The lowest BCUT2D eigenvalue weighted by atomic mass is 10.1. The molecule has 2 heteroatoms. The van der Waals surface area contributed by atoms with Crippen LogP contribution in [-0.4, -0.2) is 25.4 Å². The molecule has 1 atom stereocenters. The van der Waals surface area contributed by atoms with Crippen LogP contribution in [0.25, 0.3) is 0 Å². The second kappa shape index (κ2) is 2.71. The van der Waals surface area contributed by atoms with E-state index in [1.165, 1.54) is 25.7 Å². The topological polar surface area (TPSA) is 21.8 Å². The smallest absolute Gasteiger partial charge is 0.104 e. The van der Waals surface area contributed by atoms with Gasteiger partial charge >= 0.3 is 0 Å². The fraction of sp³-hybridized carbons (Fsp3) is 1.00. The van der Waals surface area contributed by atoms with Crippen molar-refractivity contribution in [1.29, 1.82) is 0 Å². The highest BCUT2D eigenvalue weighted by molar-refractivity contribution is 4.93. The minimum absolute atomic E-state index is 0.449. The molecule has 12 heavy (non-hydrogen) atoms. The predicted molar refractivity (Wildman–Crippen MR) is 44.9 cm³/mol. The van der Waals surface area contributed by atoms with E-state index in [9.17, 15) is 0 Å². The molecule has 0 spiro atoms. The largest absolute Gasteiger partial charge is 0.375 e. The number of ether oxygens (including phenoxy) is 2. The molecule has 3 rings (SSSR count). The van der Waals surface area contributed by atoms with Gasteiger partial charge in [-0.3, -0.25) is 0 Å². The molecule has 0 N–H and O–H groups in total. The van der Waals surface area contributed by atoms with Crippen molar-refractivity contribution in [3.8, 4) is 0 Å². The lowest BCUT2D eigenvalue weighted by molar-refractivity contribution is 0.0146. The van der Waals surface area contributed by atoms with Crippen molar-refractivity contribution < 1.29 is 9.47 Å². The van der Waals surface area contributed by atoms with Crippen LogP contribution in [0.1, 0.15) is 25.7 Å². The Morgan fingerprint density at radius 3 is 2.17 bits per heavy atom. The average Bonchev–Trinajstić information content (AvgIpc) is 2.94. The van der Waals surface area contributed by atoms with Crippen LogP contribution in [0.2, 0.25) is 0 Å². The summed E-state index contributed by atoms with van der Waals surface area (Å²) in [5.41, 5.74) is 0. The minimum Gasteiger partial charge on any atom is -0.375 e. The zero-order chi connectivity index (χ0) is 7.97. The van der Waals surface area contributed by atoms with Gasteiger partial charge in [0.05, 0.1) is 19.3 Å². The number of rotatable bonds is 5. The Morgan fingerprint density at radius 1 is 1.17 bits per heavy atom. The van der Waals surface area contributed by atoms with Crippen LogP contribution < -0.4 is 0 Å². The van der Waals surface area contributed by atoms with E-state index in [0.29, 0.717) is 12.2 Å². The quantitative estimate of drug-likeness (QED) is 0.581. The van der Waals surface area contributed by atoms with E-state index in [0.717, 1.165) is 25.0 Å². The Labute approximate surface area is 73.2 Å². The normalized spacial score (nSPS) is 34.2. The summed E-state index contributed by atoms with van der Waals surface area (Å²) in [5, 5.41) is 0. The van der Waals surface area contributed by atoms with Gasteiger partial charge in [0, 0.05) is 0 Å². The summed E-state index contributed by atoms with van der Waals surface area (Å²) in [4.78, 5) is 0. The Hall–Kier alpha value is -0.0800. The van der Waals surface area contributed by atoms with Crippen LogP contribution in [0.3, 0.4) is 0 Å². The lowest BCUT2D eigenvalue weighted by Gasteiger charge is -2.15. The number of hydrogen-bond acceptors (Lipinski definition) is 2. The fourth-order valence-corrected chi connectivity index (χ4v) is 1.89. The molecular formula is C10H16O2. The average molecular weight is 168 g/mol. The zero-order valence-electron chi connectivity index (χ0n) is 7.37. The molecule has 68 valence electrons. The standard InChI is InChI=1S/C10H16O2/c1-2-7(1)10(8-3-4-8)12-6-9-5-11-9/h7-10H,1-6H2. The van der Waals surface area contributed by atoms with Crippen LogP contribution in [0.5, 0.6) is 0 Å². The Balaban J connectivity index is 1.47. The molecule has 1 unspecified atom stereocenters. The lowest BCUT2D eigenvalue weighted by Crippen LogP contribution is -2.20. The van der Waals surface area contributed by atoms with Crippen LogP contribution in [0.15, 0.2) is 0 Å². The molecule has 0 amide bonds. The van der Waals surface area contributed by atoms with Gasteiger partial charge in [0.2, 0.25) is 0 Å². The predicted octanol–water partition coefficient (Wildman–Crippen LogP) is 1.59. The van der Waals surface area contributed by atoms with Crippen molar-refractivity contribution in [2.24, 2.45) is 11.8 Å². The molecule has 1 saturated heterocycles. The molecule has 0 radical (unpaired) electrons. The van der Waals surface area contributed by atoms with E-state index in [-0.39, 0.29) is 0 Å². The molecule has 2 nitrogen and oxygen atoms in total. The van der Waals surface area contributed by atoms with E-state index >= 15 is 0 Å². The Kier molecular flexibility index (Phi) is 1.66. The molecule has 3 aliphatic rings. The fourth-order valence-electron chi connectivity index (χ4n) is 1.89. The highest BCUT2D eigenvalue weighted by Gasteiger charge is 2.43. The van der Waals surface area contributed by atoms with Crippen LogP contribution >= 0.6 is 0 Å². The van der Waals surface area contributed by atoms with E-state index in [1.807, 2.05) is 0 Å². The molecule has 0 bridgehead atoms. The van der Waals surface area contributed by atoms with Crippen molar-refractivity contribution in [2.45, 2.75) is 37.9 Å². The number of epoxide rings is 1. The van der Waals surface area contributed by atoms with Gasteiger partial charge in [-0.2, -0.15) is 0 Å². The molecule has 1 aliphatic heterocycles. The summed E-state index contributed by atoms with van der Waals surface area (Å²) in [6, 6.07) is 0. The molecule has 2 saturated carbocycles. The third-order valence-corrected chi connectivity index (χ3v) is 3.05. The summed E-state index contributed by atoms with van der Waals surface area (Å²) in [5.74, 6) is 1.83. The third kappa shape index (κ3) is 1.64. The first kappa shape index (κ1) is 7.34. The van der Waals surface area contributed by atoms with Crippen molar-refractivity contribution >= 4 is 0 Å². The van der Waals surface area contributed by atoms with Crippen molar-refractivity contribution in [2.75, 3.05) is 13.2 Å². The highest BCUT2D eigenvalue weighted by Crippen LogP contribution is 2.46. The molecule has 2 aliphatic carbocycles. The molecule has 0 aromatic rings. The molecule has 0 aromatic heterocycles. The summed E-state index contributed by atoms with van der Waals surface area (Å²) in [6.07, 6.45) is 6.69. The van der Waals surface area contributed by atoms with Gasteiger partial charge in [0.25, 0.3) is 0 Å². The Morgan fingerprint density at radius 2 is 1.75 bits per heavy atom. The highest BCUT2D eigenvalue weighted by atomic mass is 16.6. The maximum Gasteiger partial charge on any atom is 0.104 e. The second-order valence-corrected chi connectivity index (χ2v) is 4.43. The van der Waals surface area contributed by atoms with Crippen LogP contribution in [-0.2, 0) is 9.47 Å². The van der Waals surface area contributed by atoms with Gasteiger partial charge in [0.1, 0.15) is 6.10 Å². The molecule has 1 heterocycles. The SMILES string of the molecule is C1OC1COC(C1CC1)C1CC1. The summed E-state index contributed by atoms with van der Waals surface area (Å²) in [7, 11) is 0. The van der Waals surface area contributed by atoms with E-state index in [4.69, 9.17) is 9.47 Å². The summed E-state index contributed by atoms with van der Waals surface area (Å²) in [6.45, 7) is 1.79. The van der Waals surface area contributed by atoms with Gasteiger partial charge in [-0.15, -0.1) is 0 Å².